The molecule has 0 aromatic carbocycles. The van der Waals surface area contributed by atoms with Crippen LogP contribution in [0.5, 0.6) is 0 Å². The van der Waals surface area contributed by atoms with Crippen molar-refractivity contribution in [1.29, 1.82) is 0 Å². The lowest BCUT2D eigenvalue weighted by atomic mass is 9.92. The molecule has 0 spiro atoms. The second kappa shape index (κ2) is 12.3. The molecule has 2 N–H and O–H groups in total. The van der Waals surface area contributed by atoms with Gasteiger partial charge in [0, 0.05) is 30.8 Å². The van der Waals surface area contributed by atoms with E-state index in [2.05, 4.69) is 67.9 Å². The molecule has 43 heavy (non-hydrogen) atoms. The van der Waals surface area contributed by atoms with Gasteiger partial charge in [-0.1, -0.05) is 34.3 Å². The number of carbonyl (C=O) groups is 1. The van der Waals surface area contributed by atoms with Crippen LogP contribution in [0.2, 0.25) is 18.1 Å². The van der Waals surface area contributed by atoms with Crippen LogP contribution >= 0.6 is 0 Å². The summed E-state index contributed by atoms with van der Waals surface area (Å²) in [7, 11) is -2.11. The molecule has 3 aromatic rings. The third-order valence-electron chi connectivity index (χ3n) is 8.36. The third-order valence-corrected chi connectivity index (χ3v) is 12.8. The Morgan fingerprint density at radius 1 is 1.16 bits per heavy atom. The zero-order chi connectivity index (χ0) is 31.7. The van der Waals surface area contributed by atoms with Crippen LogP contribution in [0.3, 0.4) is 0 Å². The number of pyridine rings is 2. The number of anilines is 2. The predicted molar refractivity (Wildman–Crippen MR) is 177 cm³/mol. The lowest BCUT2D eigenvalue weighted by Gasteiger charge is -2.48. The Kier molecular flexibility index (Phi) is 9.32. The van der Waals surface area contributed by atoms with Crippen LogP contribution in [-0.4, -0.2) is 55.2 Å². The van der Waals surface area contributed by atoms with Crippen molar-refractivity contribution in [2.24, 2.45) is 5.92 Å². The number of carbonyl (C=O) groups excluding carboxylic acids is 1. The summed E-state index contributed by atoms with van der Waals surface area (Å²) in [5.74, 6) is 0.148. The van der Waals surface area contributed by atoms with Crippen molar-refractivity contribution in [2.75, 3.05) is 23.3 Å². The SMILES string of the molecule is C=C(C)c1coc2ccc(CNc3cnccc3N3C[C@H](C)[C@@H](O[Si](C)(C)C(C)(C)C)[C@H](NC(=O)OC(C)(C)C)C3)nc12. The van der Waals surface area contributed by atoms with Crippen LogP contribution in [0.1, 0.15) is 66.6 Å². The van der Waals surface area contributed by atoms with Gasteiger partial charge in [-0.3, -0.25) is 4.98 Å². The second-order valence-corrected chi connectivity index (χ2v) is 19.1. The molecule has 3 atom stereocenters. The molecule has 0 bridgehead atoms. The van der Waals surface area contributed by atoms with Gasteiger partial charge in [0.2, 0.25) is 0 Å². The molecule has 0 saturated carbocycles. The number of hydrogen-bond donors (Lipinski definition) is 2. The van der Waals surface area contributed by atoms with Crippen LogP contribution in [0.15, 0.2) is 47.9 Å². The number of amides is 1. The molecular weight excluding hydrogens is 558 g/mol. The van der Waals surface area contributed by atoms with E-state index in [9.17, 15) is 4.79 Å². The molecule has 9 nitrogen and oxygen atoms in total. The molecule has 1 aliphatic heterocycles. The summed E-state index contributed by atoms with van der Waals surface area (Å²) < 4.78 is 18.3. The van der Waals surface area contributed by atoms with E-state index in [-0.39, 0.29) is 23.1 Å². The first-order valence-corrected chi connectivity index (χ1v) is 18.0. The van der Waals surface area contributed by atoms with Gasteiger partial charge in [-0.15, -0.1) is 0 Å². The summed E-state index contributed by atoms with van der Waals surface area (Å²) in [4.78, 5) is 24.6. The number of nitrogens with zero attached hydrogens (tertiary/aromatic N) is 3. The Hall–Kier alpha value is -3.37. The summed E-state index contributed by atoms with van der Waals surface area (Å²) in [6.07, 6.45) is 4.77. The fourth-order valence-corrected chi connectivity index (χ4v) is 6.53. The number of piperidine rings is 1. The second-order valence-electron chi connectivity index (χ2n) is 14.3. The maximum Gasteiger partial charge on any atom is 0.408 e. The Morgan fingerprint density at radius 2 is 1.88 bits per heavy atom. The molecule has 0 aliphatic carbocycles. The van der Waals surface area contributed by atoms with Crippen molar-refractivity contribution in [3.8, 4) is 0 Å². The van der Waals surface area contributed by atoms with Gasteiger partial charge in [0.1, 0.15) is 17.4 Å². The lowest BCUT2D eigenvalue weighted by molar-refractivity contribution is 0.0336. The first kappa shape index (κ1) is 32.5. The van der Waals surface area contributed by atoms with E-state index in [0.29, 0.717) is 13.1 Å². The first-order chi connectivity index (χ1) is 19.9. The number of furan rings is 1. The van der Waals surface area contributed by atoms with E-state index in [1.54, 1.807) is 12.5 Å². The van der Waals surface area contributed by atoms with Gasteiger partial charge >= 0.3 is 6.09 Å². The Morgan fingerprint density at radius 3 is 2.53 bits per heavy atom. The molecule has 1 fully saturated rings. The maximum atomic E-state index is 13.0. The summed E-state index contributed by atoms with van der Waals surface area (Å²) in [5, 5.41) is 6.76. The molecule has 10 heteroatoms. The van der Waals surface area contributed by atoms with Crippen molar-refractivity contribution >= 4 is 42.5 Å². The molecule has 234 valence electrons. The van der Waals surface area contributed by atoms with E-state index in [0.717, 1.165) is 45.8 Å². The number of aromatic nitrogens is 2. The van der Waals surface area contributed by atoms with Crippen molar-refractivity contribution in [3.05, 3.63) is 54.7 Å². The van der Waals surface area contributed by atoms with Gasteiger partial charge in [-0.25, -0.2) is 9.78 Å². The van der Waals surface area contributed by atoms with Crippen molar-refractivity contribution in [2.45, 2.75) is 97.8 Å². The normalized spacial score (nSPS) is 19.8. The number of hydrogen-bond acceptors (Lipinski definition) is 8. The number of ether oxygens (including phenoxy) is 1. The molecule has 1 saturated heterocycles. The Bertz CT molecular complexity index is 1460. The molecule has 0 unspecified atom stereocenters. The fraction of sp³-hybridized carbons (Fsp3) is 0.545. The van der Waals surface area contributed by atoms with Crippen LogP contribution in [0.4, 0.5) is 16.2 Å². The van der Waals surface area contributed by atoms with Crippen molar-refractivity contribution < 1.29 is 18.4 Å². The Labute approximate surface area is 257 Å². The largest absolute Gasteiger partial charge is 0.462 e. The van der Waals surface area contributed by atoms with Gasteiger partial charge in [-0.2, -0.15) is 0 Å². The highest BCUT2D eigenvalue weighted by molar-refractivity contribution is 6.74. The van der Waals surface area contributed by atoms with Crippen LogP contribution < -0.4 is 15.5 Å². The number of allylic oxidation sites excluding steroid dienone is 1. The zero-order valence-corrected chi connectivity index (χ0v) is 28.5. The summed E-state index contributed by atoms with van der Waals surface area (Å²) in [6.45, 7) is 26.9. The van der Waals surface area contributed by atoms with Crippen LogP contribution in [0, 0.1) is 5.92 Å². The third kappa shape index (κ3) is 7.78. The van der Waals surface area contributed by atoms with Gasteiger partial charge in [0.25, 0.3) is 0 Å². The fourth-order valence-electron chi connectivity index (χ4n) is 5.10. The maximum absolute atomic E-state index is 13.0. The molecule has 1 amide bonds. The van der Waals surface area contributed by atoms with Gasteiger partial charge < -0.3 is 29.1 Å². The molecule has 1 aliphatic rings. The number of rotatable bonds is 8. The molecule has 3 aromatic heterocycles. The number of alkyl carbamates (subject to hydrolysis) is 1. The van der Waals surface area contributed by atoms with Crippen molar-refractivity contribution in [3.63, 3.8) is 0 Å². The standard InChI is InChI=1S/C33H49N5O4Si/c1-21(2)24-20-40-28-13-12-23(36-29(24)28)16-35-25-17-34-15-14-27(25)38-18-22(3)30(42-43(10,11)33(7,8)9)26(19-38)37-31(39)41-32(4,5)6/h12-15,17,20,22,26,30,35H,1,16,18-19H2,2-11H3,(H,37,39)/t22-,26+,30+/m0/s1. The molecule has 4 rings (SSSR count). The van der Waals surface area contributed by atoms with E-state index < -0.39 is 20.0 Å². The summed E-state index contributed by atoms with van der Waals surface area (Å²) in [5.41, 5.74) is 5.57. The van der Waals surface area contributed by atoms with Crippen LogP contribution in [-0.2, 0) is 15.7 Å². The summed E-state index contributed by atoms with van der Waals surface area (Å²) in [6, 6.07) is 5.65. The highest BCUT2D eigenvalue weighted by Gasteiger charge is 2.45. The smallest absolute Gasteiger partial charge is 0.408 e. The van der Waals surface area contributed by atoms with E-state index in [1.165, 1.54) is 0 Å². The first-order valence-electron chi connectivity index (χ1n) is 15.1. The quantitative estimate of drug-likeness (QED) is 0.252. The minimum Gasteiger partial charge on any atom is -0.462 e. The molecular formula is C33H49N5O4Si. The average Bonchev–Trinajstić information content (AvgIpc) is 3.31. The minimum absolute atomic E-state index is 0.0428. The molecule has 0 radical (unpaired) electrons. The van der Waals surface area contributed by atoms with E-state index >= 15 is 0 Å². The van der Waals surface area contributed by atoms with E-state index in [4.69, 9.17) is 18.6 Å². The zero-order valence-electron chi connectivity index (χ0n) is 27.5. The predicted octanol–water partition coefficient (Wildman–Crippen LogP) is 7.61. The topological polar surface area (TPSA) is 102 Å². The lowest BCUT2D eigenvalue weighted by Crippen LogP contribution is -2.62. The van der Waals surface area contributed by atoms with Gasteiger partial charge in [0.05, 0.1) is 42.0 Å². The average molecular weight is 608 g/mol. The monoisotopic (exact) mass is 607 g/mol. The number of nitrogens with one attached hydrogen (secondary N) is 2. The van der Waals surface area contributed by atoms with E-state index in [1.807, 2.05) is 52.1 Å². The van der Waals surface area contributed by atoms with Gasteiger partial charge in [0.15, 0.2) is 13.9 Å². The summed E-state index contributed by atoms with van der Waals surface area (Å²) >= 11 is 0. The Balaban J connectivity index is 1.57. The minimum atomic E-state index is -2.11. The number of fused-ring (bicyclic) bond motifs is 1. The molecule has 4 heterocycles. The van der Waals surface area contributed by atoms with Crippen LogP contribution in [0.25, 0.3) is 16.7 Å². The highest BCUT2D eigenvalue weighted by Crippen LogP contribution is 2.40. The highest BCUT2D eigenvalue weighted by atomic mass is 28.4. The van der Waals surface area contributed by atoms with Gasteiger partial charge in [-0.05, 0) is 69.6 Å². The van der Waals surface area contributed by atoms with Crippen molar-refractivity contribution in [1.82, 2.24) is 15.3 Å².